The Morgan fingerprint density at radius 3 is 2.40 bits per heavy atom. The first-order chi connectivity index (χ1) is 7.03. The molecule has 0 bridgehead atoms. The molecule has 86 valence electrons. The van der Waals surface area contributed by atoms with Crippen molar-refractivity contribution in [3.63, 3.8) is 0 Å². The first-order valence-corrected chi connectivity index (χ1v) is 5.47. The zero-order valence-corrected chi connectivity index (χ0v) is 8.99. The molecule has 0 radical (unpaired) electrons. The van der Waals surface area contributed by atoms with Crippen LogP contribution in [0.4, 0.5) is 0 Å². The van der Waals surface area contributed by atoms with Crippen LogP contribution >= 0.6 is 0 Å². The second-order valence-electron chi connectivity index (χ2n) is 4.44. The van der Waals surface area contributed by atoms with Gasteiger partial charge in [0.25, 0.3) is 0 Å². The summed E-state index contributed by atoms with van der Waals surface area (Å²) >= 11 is 0. The Labute approximate surface area is 89.3 Å². The normalized spacial score (nSPS) is 29.5. The first-order valence-electron chi connectivity index (χ1n) is 5.47. The molecule has 1 rings (SSSR count). The van der Waals surface area contributed by atoms with Crippen molar-refractivity contribution in [3.8, 4) is 0 Å². The Bertz CT molecular complexity index is 237. The third kappa shape index (κ3) is 2.30. The summed E-state index contributed by atoms with van der Waals surface area (Å²) in [6.07, 6.45) is 4.74. The van der Waals surface area contributed by atoms with Crippen LogP contribution in [0.15, 0.2) is 0 Å². The van der Waals surface area contributed by atoms with Crippen molar-refractivity contribution in [2.24, 2.45) is 11.3 Å². The fourth-order valence-electron chi connectivity index (χ4n) is 2.24. The van der Waals surface area contributed by atoms with E-state index >= 15 is 0 Å². The van der Waals surface area contributed by atoms with Gasteiger partial charge in [0.1, 0.15) is 5.41 Å². The maximum Gasteiger partial charge on any atom is 0.315 e. The number of rotatable bonds is 6. The summed E-state index contributed by atoms with van der Waals surface area (Å²) in [5.74, 6) is -2.42. The number of carboxylic acid groups (broad SMARTS) is 2. The number of unbranched alkanes of at least 4 members (excludes halogenated alkanes) is 2. The van der Waals surface area contributed by atoms with E-state index < -0.39 is 17.4 Å². The lowest BCUT2D eigenvalue weighted by Crippen LogP contribution is -2.55. The molecule has 1 saturated carbocycles. The third-order valence-electron chi connectivity index (χ3n) is 3.29. The van der Waals surface area contributed by atoms with Gasteiger partial charge in [-0.15, -0.1) is 0 Å². The van der Waals surface area contributed by atoms with Gasteiger partial charge in [0, 0.05) is 0 Å². The summed E-state index contributed by atoms with van der Waals surface area (Å²) in [5.41, 5.74) is -1.59. The van der Waals surface area contributed by atoms with Gasteiger partial charge in [-0.1, -0.05) is 32.6 Å². The summed E-state index contributed by atoms with van der Waals surface area (Å²) in [4.78, 5) is 21.5. The quantitative estimate of drug-likeness (QED) is 0.523. The highest BCUT2D eigenvalue weighted by atomic mass is 16.4. The molecule has 1 aliphatic rings. The molecule has 1 N–H and O–H groups in total. The fraction of sp³-hybridized carbons (Fsp3) is 0.818. The lowest BCUT2D eigenvalue weighted by molar-refractivity contribution is -0.323. The maximum absolute atomic E-state index is 10.8. The molecular weight excluding hydrogens is 196 g/mol. The molecule has 1 aliphatic carbocycles. The second-order valence-corrected chi connectivity index (χ2v) is 4.44. The molecule has 0 heterocycles. The van der Waals surface area contributed by atoms with Gasteiger partial charge >= 0.3 is 5.97 Å². The van der Waals surface area contributed by atoms with Crippen molar-refractivity contribution < 1.29 is 19.8 Å². The van der Waals surface area contributed by atoms with Gasteiger partial charge in [0.05, 0.1) is 5.97 Å². The third-order valence-corrected chi connectivity index (χ3v) is 3.29. The fourth-order valence-corrected chi connectivity index (χ4v) is 2.24. The minimum atomic E-state index is -1.59. The van der Waals surface area contributed by atoms with Gasteiger partial charge < -0.3 is 15.0 Å². The highest BCUT2D eigenvalue weighted by Gasteiger charge is 2.51. The smallest absolute Gasteiger partial charge is 0.315 e. The number of carbonyl (C=O) groups excluding carboxylic acids is 1. The van der Waals surface area contributed by atoms with Crippen LogP contribution in [0.1, 0.15) is 45.4 Å². The predicted octanol–water partition coefficient (Wildman–Crippen LogP) is 0.798. The monoisotopic (exact) mass is 213 g/mol. The van der Waals surface area contributed by atoms with E-state index in [0.29, 0.717) is 0 Å². The molecule has 0 atom stereocenters. The number of carboxylic acids is 2. The van der Waals surface area contributed by atoms with E-state index in [4.69, 9.17) is 5.11 Å². The summed E-state index contributed by atoms with van der Waals surface area (Å²) in [6, 6.07) is 0. The Kier molecular flexibility index (Phi) is 3.72. The standard InChI is InChI=1S/C11H18O4/c1-2-3-4-5-8-6-11(7-8,9(12)13)10(14)15/h8H,2-7H2,1H3,(H,12,13)(H,14,15)/p-1. The van der Waals surface area contributed by atoms with E-state index in [9.17, 15) is 14.7 Å². The number of aliphatic carboxylic acids is 2. The van der Waals surface area contributed by atoms with E-state index in [1.807, 2.05) is 0 Å². The topological polar surface area (TPSA) is 77.4 Å². The molecule has 0 aliphatic heterocycles. The minimum Gasteiger partial charge on any atom is -0.549 e. The van der Waals surface area contributed by atoms with Gasteiger partial charge in [-0.2, -0.15) is 0 Å². The summed E-state index contributed by atoms with van der Waals surface area (Å²) in [7, 11) is 0. The van der Waals surface area contributed by atoms with Crippen LogP contribution in [0.3, 0.4) is 0 Å². The maximum atomic E-state index is 10.8. The summed E-state index contributed by atoms with van der Waals surface area (Å²) in [5, 5.41) is 19.6. The molecule has 0 aromatic heterocycles. The van der Waals surface area contributed by atoms with Gasteiger partial charge in [-0.25, -0.2) is 0 Å². The van der Waals surface area contributed by atoms with E-state index in [0.717, 1.165) is 25.7 Å². The van der Waals surface area contributed by atoms with Gasteiger partial charge in [0.2, 0.25) is 0 Å². The molecule has 1 fully saturated rings. The van der Waals surface area contributed by atoms with Crippen molar-refractivity contribution >= 4 is 11.9 Å². The Morgan fingerprint density at radius 1 is 1.40 bits per heavy atom. The van der Waals surface area contributed by atoms with Crippen LogP contribution in [-0.4, -0.2) is 17.0 Å². The van der Waals surface area contributed by atoms with Gasteiger partial charge in [-0.3, -0.25) is 4.79 Å². The molecule has 4 heteroatoms. The average Bonchev–Trinajstić information content (AvgIpc) is 2.07. The molecular formula is C11H17O4-. The molecule has 0 aromatic rings. The van der Waals surface area contributed by atoms with E-state index in [1.54, 1.807) is 0 Å². The van der Waals surface area contributed by atoms with Gasteiger partial charge in [-0.05, 0) is 18.8 Å². The molecule has 0 spiro atoms. The summed E-state index contributed by atoms with van der Waals surface area (Å²) < 4.78 is 0. The zero-order chi connectivity index (χ0) is 11.5. The molecule has 4 nitrogen and oxygen atoms in total. The molecule has 0 amide bonds. The van der Waals surface area contributed by atoms with Crippen LogP contribution in [-0.2, 0) is 9.59 Å². The molecule has 0 saturated heterocycles. The highest BCUT2D eigenvalue weighted by molar-refractivity contribution is 5.98. The largest absolute Gasteiger partial charge is 0.549 e. The Morgan fingerprint density at radius 2 is 2.00 bits per heavy atom. The molecule has 15 heavy (non-hydrogen) atoms. The van der Waals surface area contributed by atoms with Crippen LogP contribution in [0.25, 0.3) is 0 Å². The second kappa shape index (κ2) is 4.64. The number of carbonyl (C=O) groups is 2. The van der Waals surface area contributed by atoms with Crippen molar-refractivity contribution in [3.05, 3.63) is 0 Å². The van der Waals surface area contributed by atoms with E-state index in [-0.39, 0.29) is 18.8 Å². The van der Waals surface area contributed by atoms with Crippen LogP contribution in [0, 0.1) is 11.3 Å². The Balaban J connectivity index is 2.38. The van der Waals surface area contributed by atoms with Crippen molar-refractivity contribution in [1.82, 2.24) is 0 Å². The number of hydrogen-bond donors (Lipinski definition) is 1. The minimum absolute atomic E-state index is 0.244. The van der Waals surface area contributed by atoms with Crippen LogP contribution in [0.5, 0.6) is 0 Å². The van der Waals surface area contributed by atoms with Crippen molar-refractivity contribution in [2.45, 2.75) is 45.4 Å². The highest BCUT2D eigenvalue weighted by Crippen LogP contribution is 2.47. The van der Waals surface area contributed by atoms with Gasteiger partial charge in [0.15, 0.2) is 0 Å². The number of hydrogen-bond acceptors (Lipinski definition) is 3. The van der Waals surface area contributed by atoms with E-state index in [1.165, 1.54) is 0 Å². The molecule has 0 unspecified atom stereocenters. The SMILES string of the molecule is CCCCCC1CC(C(=O)[O-])(C(=O)O)C1. The predicted molar refractivity (Wildman–Crippen MR) is 51.9 cm³/mol. The van der Waals surface area contributed by atoms with Crippen molar-refractivity contribution in [2.75, 3.05) is 0 Å². The lowest BCUT2D eigenvalue weighted by Gasteiger charge is -2.45. The van der Waals surface area contributed by atoms with Crippen LogP contribution in [0.2, 0.25) is 0 Å². The Hall–Kier alpha value is -1.06. The first kappa shape index (κ1) is 12.0. The lowest BCUT2D eigenvalue weighted by atomic mass is 9.60. The van der Waals surface area contributed by atoms with Crippen molar-refractivity contribution in [1.29, 1.82) is 0 Å². The molecule has 0 aromatic carbocycles. The van der Waals surface area contributed by atoms with E-state index in [2.05, 4.69) is 6.92 Å². The summed E-state index contributed by atoms with van der Waals surface area (Å²) in [6.45, 7) is 2.10. The van der Waals surface area contributed by atoms with Crippen LogP contribution < -0.4 is 5.11 Å². The zero-order valence-electron chi connectivity index (χ0n) is 8.99. The average molecular weight is 213 g/mol.